The smallest absolute Gasteiger partial charge is 0.163 e. The van der Waals surface area contributed by atoms with Crippen LogP contribution in [0.1, 0.15) is 5.82 Å². The molecule has 0 fully saturated rings. The molecule has 0 atom stereocenters. The fourth-order valence-corrected chi connectivity index (χ4v) is 1.55. The zero-order chi connectivity index (χ0) is 13.0. The van der Waals surface area contributed by atoms with E-state index in [1.54, 1.807) is 18.0 Å². The lowest BCUT2D eigenvalue weighted by atomic mass is 10.4. The van der Waals surface area contributed by atoms with Gasteiger partial charge in [0.25, 0.3) is 0 Å². The first-order chi connectivity index (χ1) is 8.76. The van der Waals surface area contributed by atoms with Crippen LogP contribution < -0.4 is 11.3 Å². The number of hydrogen-bond donors (Lipinski definition) is 2. The number of nitrogens with zero attached hydrogens (tertiary/aromatic N) is 4. The SMILES string of the molecule is COCCOCc1nc(NN)c2cnn(C)c2n1. The molecular weight excluding hydrogens is 236 g/mol. The van der Waals surface area contributed by atoms with Gasteiger partial charge in [-0.2, -0.15) is 5.10 Å². The van der Waals surface area contributed by atoms with E-state index in [0.29, 0.717) is 37.1 Å². The van der Waals surface area contributed by atoms with E-state index < -0.39 is 0 Å². The zero-order valence-electron chi connectivity index (χ0n) is 10.4. The van der Waals surface area contributed by atoms with Gasteiger partial charge in [0, 0.05) is 14.2 Å². The van der Waals surface area contributed by atoms with E-state index >= 15 is 0 Å². The minimum atomic E-state index is 0.305. The first-order valence-corrected chi connectivity index (χ1v) is 5.48. The maximum atomic E-state index is 5.43. The Labute approximate surface area is 104 Å². The molecule has 0 saturated heterocycles. The van der Waals surface area contributed by atoms with E-state index in [4.69, 9.17) is 15.3 Å². The molecule has 8 heteroatoms. The van der Waals surface area contributed by atoms with Crippen LogP contribution in [0.15, 0.2) is 6.20 Å². The van der Waals surface area contributed by atoms with Gasteiger partial charge >= 0.3 is 0 Å². The lowest BCUT2D eigenvalue weighted by Crippen LogP contribution is -2.12. The topological polar surface area (TPSA) is 100 Å². The molecule has 0 radical (unpaired) electrons. The van der Waals surface area contributed by atoms with Gasteiger partial charge in [0.05, 0.1) is 24.8 Å². The van der Waals surface area contributed by atoms with Crippen molar-refractivity contribution in [2.24, 2.45) is 12.9 Å². The number of rotatable bonds is 6. The van der Waals surface area contributed by atoms with Crippen LogP contribution in [0.3, 0.4) is 0 Å². The maximum Gasteiger partial charge on any atom is 0.163 e. The summed E-state index contributed by atoms with van der Waals surface area (Å²) in [6, 6.07) is 0. The number of hydrogen-bond acceptors (Lipinski definition) is 7. The van der Waals surface area contributed by atoms with Gasteiger partial charge in [-0.25, -0.2) is 15.8 Å². The molecule has 0 bridgehead atoms. The highest BCUT2D eigenvalue weighted by atomic mass is 16.5. The van der Waals surface area contributed by atoms with Crippen molar-refractivity contribution in [1.82, 2.24) is 19.7 Å². The van der Waals surface area contributed by atoms with E-state index in [0.717, 1.165) is 5.39 Å². The molecule has 2 aromatic heterocycles. The van der Waals surface area contributed by atoms with Crippen molar-refractivity contribution in [2.75, 3.05) is 25.7 Å². The summed E-state index contributed by atoms with van der Waals surface area (Å²) < 4.78 is 11.9. The van der Waals surface area contributed by atoms with Crippen molar-refractivity contribution in [3.8, 4) is 0 Å². The number of methoxy groups -OCH3 is 1. The Kier molecular flexibility index (Phi) is 4.03. The Bertz CT molecular complexity index is 526. The monoisotopic (exact) mass is 252 g/mol. The maximum absolute atomic E-state index is 5.43. The Morgan fingerprint density at radius 2 is 2.22 bits per heavy atom. The summed E-state index contributed by atoms with van der Waals surface area (Å²) >= 11 is 0. The number of aromatic nitrogens is 4. The summed E-state index contributed by atoms with van der Waals surface area (Å²) in [6.07, 6.45) is 1.67. The summed E-state index contributed by atoms with van der Waals surface area (Å²) in [4.78, 5) is 8.63. The van der Waals surface area contributed by atoms with E-state index in [9.17, 15) is 0 Å². The lowest BCUT2D eigenvalue weighted by Gasteiger charge is -2.06. The number of hydrazine groups is 1. The van der Waals surface area contributed by atoms with Crippen molar-refractivity contribution >= 4 is 16.9 Å². The fraction of sp³-hybridized carbons (Fsp3) is 0.500. The summed E-state index contributed by atoms with van der Waals surface area (Å²) in [5.41, 5.74) is 3.25. The Hall–Kier alpha value is -1.77. The van der Waals surface area contributed by atoms with Gasteiger partial charge in [0.2, 0.25) is 0 Å². The molecule has 0 aliphatic rings. The Morgan fingerprint density at radius 1 is 1.39 bits per heavy atom. The van der Waals surface area contributed by atoms with Gasteiger partial charge in [-0.3, -0.25) is 4.68 Å². The van der Waals surface area contributed by atoms with Crippen molar-refractivity contribution < 1.29 is 9.47 Å². The molecule has 0 saturated carbocycles. The standard InChI is InChI=1S/C10H16N6O2/c1-16-10-7(5-12-16)9(15-11)13-8(14-10)6-18-4-3-17-2/h5H,3-4,6,11H2,1-2H3,(H,13,14,15). The van der Waals surface area contributed by atoms with Gasteiger partial charge in [0.15, 0.2) is 17.3 Å². The average molecular weight is 252 g/mol. The molecule has 3 N–H and O–H groups in total. The highest BCUT2D eigenvalue weighted by molar-refractivity contribution is 5.86. The van der Waals surface area contributed by atoms with Gasteiger partial charge < -0.3 is 14.9 Å². The van der Waals surface area contributed by atoms with Crippen molar-refractivity contribution in [3.05, 3.63) is 12.0 Å². The second kappa shape index (κ2) is 5.71. The predicted octanol–water partition coefficient (Wildman–Crippen LogP) is -0.188. The molecule has 0 aliphatic carbocycles. The Balaban J connectivity index is 2.20. The lowest BCUT2D eigenvalue weighted by molar-refractivity contribution is 0.0587. The number of nitrogen functional groups attached to an aromatic ring is 1. The van der Waals surface area contributed by atoms with Crippen molar-refractivity contribution in [3.63, 3.8) is 0 Å². The van der Waals surface area contributed by atoms with Crippen LogP contribution in [0, 0.1) is 0 Å². The number of fused-ring (bicyclic) bond motifs is 1. The van der Waals surface area contributed by atoms with Crippen LogP contribution in [0.4, 0.5) is 5.82 Å². The first-order valence-electron chi connectivity index (χ1n) is 5.48. The van der Waals surface area contributed by atoms with Crippen LogP contribution in [-0.4, -0.2) is 40.1 Å². The van der Waals surface area contributed by atoms with E-state index in [2.05, 4.69) is 20.5 Å². The Morgan fingerprint density at radius 3 is 2.94 bits per heavy atom. The number of ether oxygens (including phenoxy) is 2. The first kappa shape index (κ1) is 12.7. The normalized spacial score (nSPS) is 11.1. The van der Waals surface area contributed by atoms with Crippen molar-refractivity contribution in [1.29, 1.82) is 0 Å². The molecule has 18 heavy (non-hydrogen) atoms. The van der Waals surface area contributed by atoms with Gasteiger partial charge in [0.1, 0.15) is 6.61 Å². The zero-order valence-corrected chi connectivity index (χ0v) is 10.4. The molecule has 0 aliphatic heterocycles. The minimum absolute atomic E-state index is 0.305. The number of anilines is 1. The largest absolute Gasteiger partial charge is 0.382 e. The molecule has 2 rings (SSSR count). The van der Waals surface area contributed by atoms with E-state index in [1.807, 2.05) is 7.05 Å². The van der Waals surface area contributed by atoms with Crippen molar-refractivity contribution in [2.45, 2.75) is 6.61 Å². The predicted molar refractivity (Wildman–Crippen MR) is 65.6 cm³/mol. The summed E-state index contributed by atoms with van der Waals surface area (Å²) in [5.74, 6) is 6.52. The molecule has 0 aromatic carbocycles. The molecule has 98 valence electrons. The average Bonchev–Trinajstić information content (AvgIpc) is 2.76. The van der Waals surface area contributed by atoms with Crippen LogP contribution in [0.25, 0.3) is 11.0 Å². The van der Waals surface area contributed by atoms with E-state index in [-0.39, 0.29) is 0 Å². The molecular formula is C10H16N6O2. The molecule has 0 amide bonds. The quantitative estimate of drug-likeness (QED) is 0.417. The second-order valence-corrected chi connectivity index (χ2v) is 3.68. The highest BCUT2D eigenvalue weighted by Crippen LogP contribution is 2.18. The molecule has 0 unspecified atom stereocenters. The van der Waals surface area contributed by atoms with Gasteiger partial charge in [-0.15, -0.1) is 0 Å². The highest BCUT2D eigenvalue weighted by Gasteiger charge is 2.10. The third-order valence-corrected chi connectivity index (χ3v) is 2.44. The third-order valence-electron chi connectivity index (χ3n) is 2.44. The van der Waals surface area contributed by atoms with Crippen LogP contribution in [0.5, 0.6) is 0 Å². The number of nitrogens with one attached hydrogen (secondary N) is 1. The molecule has 2 heterocycles. The van der Waals surface area contributed by atoms with Gasteiger partial charge in [-0.1, -0.05) is 0 Å². The number of aryl methyl sites for hydroxylation is 1. The molecule has 2 aromatic rings. The van der Waals surface area contributed by atoms with Crippen LogP contribution >= 0.6 is 0 Å². The minimum Gasteiger partial charge on any atom is -0.382 e. The van der Waals surface area contributed by atoms with Crippen LogP contribution in [0.2, 0.25) is 0 Å². The fourth-order valence-electron chi connectivity index (χ4n) is 1.55. The van der Waals surface area contributed by atoms with Gasteiger partial charge in [-0.05, 0) is 0 Å². The summed E-state index contributed by atoms with van der Waals surface area (Å²) in [7, 11) is 3.43. The van der Waals surface area contributed by atoms with Crippen LogP contribution in [-0.2, 0) is 23.1 Å². The van der Waals surface area contributed by atoms with E-state index in [1.165, 1.54) is 0 Å². The molecule has 0 spiro atoms. The summed E-state index contributed by atoms with van der Waals surface area (Å²) in [5, 5.41) is 4.89. The molecule has 8 nitrogen and oxygen atoms in total. The third kappa shape index (κ3) is 2.55. The summed E-state index contributed by atoms with van der Waals surface area (Å²) in [6.45, 7) is 1.34. The number of nitrogens with two attached hydrogens (primary N) is 1. The second-order valence-electron chi connectivity index (χ2n) is 3.68.